The summed E-state index contributed by atoms with van der Waals surface area (Å²) in [6.07, 6.45) is 1.25. The molecule has 0 bridgehead atoms. The summed E-state index contributed by atoms with van der Waals surface area (Å²) in [4.78, 5) is 10.8. The molecule has 5 heteroatoms. The molecule has 1 aromatic carbocycles. The molecule has 2 rings (SSSR count). The van der Waals surface area contributed by atoms with Crippen LogP contribution in [0.15, 0.2) is 28.9 Å². The van der Waals surface area contributed by atoms with Crippen LogP contribution in [-0.4, -0.2) is 21.3 Å². The Hall–Kier alpha value is -1.49. The molecule has 0 radical (unpaired) electrons. The standard InChI is InChI=1S/C9H5BrN2O2/c10-5-1-2-6-7(9(13)14)4-11-12-8(6)3-5/h1-4H,(H,13,14). The summed E-state index contributed by atoms with van der Waals surface area (Å²) in [5.74, 6) is -0.993. The summed E-state index contributed by atoms with van der Waals surface area (Å²) < 4.78 is 0.849. The van der Waals surface area contributed by atoms with Crippen molar-refractivity contribution in [3.05, 3.63) is 34.4 Å². The first-order valence-electron chi connectivity index (χ1n) is 3.83. The summed E-state index contributed by atoms with van der Waals surface area (Å²) in [5.41, 5.74) is 0.738. The Balaban J connectivity index is 2.81. The summed E-state index contributed by atoms with van der Waals surface area (Å²) in [6.45, 7) is 0. The lowest BCUT2D eigenvalue weighted by Gasteiger charge is -2.00. The van der Waals surface area contributed by atoms with Crippen LogP contribution in [-0.2, 0) is 0 Å². The van der Waals surface area contributed by atoms with E-state index in [4.69, 9.17) is 5.11 Å². The zero-order valence-corrected chi connectivity index (χ0v) is 8.52. The Labute approximate surface area is 87.7 Å². The maximum Gasteiger partial charge on any atom is 0.338 e. The summed E-state index contributed by atoms with van der Waals surface area (Å²) >= 11 is 3.28. The van der Waals surface area contributed by atoms with Gasteiger partial charge in [0.25, 0.3) is 0 Å². The fourth-order valence-corrected chi connectivity index (χ4v) is 1.55. The molecule has 2 aromatic rings. The van der Waals surface area contributed by atoms with Gasteiger partial charge in [0.2, 0.25) is 0 Å². The molecule has 1 aromatic heterocycles. The topological polar surface area (TPSA) is 63.1 Å². The SMILES string of the molecule is O=C(O)c1cnnc2cc(Br)ccc12. The number of rotatable bonds is 1. The van der Waals surface area contributed by atoms with Gasteiger partial charge in [0.05, 0.1) is 17.3 Å². The number of aromatic nitrogens is 2. The van der Waals surface area contributed by atoms with Crippen LogP contribution >= 0.6 is 15.9 Å². The summed E-state index contributed by atoms with van der Waals surface area (Å²) in [6, 6.07) is 5.21. The van der Waals surface area contributed by atoms with Gasteiger partial charge >= 0.3 is 5.97 Å². The van der Waals surface area contributed by atoms with E-state index in [1.807, 2.05) is 0 Å². The van der Waals surface area contributed by atoms with Crippen molar-refractivity contribution in [2.75, 3.05) is 0 Å². The molecule has 0 aliphatic carbocycles. The number of halogens is 1. The van der Waals surface area contributed by atoms with Crippen LogP contribution < -0.4 is 0 Å². The highest BCUT2D eigenvalue weighted by Crippen LogP contribution is 2.20. The number of benzene rings is 1. The van der Waals surface area contributed by atoms with E-state index in [0.29, 0.717) is 10.9 Å². The van der Waals surface area contributed by atoms with Crippen molar-refractivity contribution in [1.29, 1.82) is 0 Å². The maximum absolute atomic E-state index is 10.8. The molecule has 0 atom stereocenters. The average molecular weight is 253 g/mol. The van der Waals surface area contributed by atoms with Crippen LogP contribution in [0.1, 0.15) is 10.4 Å². The third-order valence-corrected chi connectivity index (χ3v) is 2.33. The molecule has 4 nitrogen and oxygen atoms in total. The lowest BCUT2D eigenvalue weighted by atomic mass is 10.1. The summed E-state index contributed by atoms with van der Waals surface area (Å²) in [5, 5.41) is 16.9. The van der Waals surface area contributed by atoms with Crippen LogP contribution in [0.3, 0.4) is 0 Å². The van der Waals surface area contributed by atoms with Gasteiger partial charge in [-0.05, 0) is 12.1 Å². The highest BCUT2D eigenvalue weighted by Gasteiger charge is 2.09. The molecule has 0 saturated heterocycles. The molecule has 0 aliphatic rings. The maximum atomic E-state index is 10.8. The molecule has 1 N–H and O–H groups in total. The number of carboxylic acids is 1. The lowest BCUT2D eigenvalue weighted by molar-refractivity contribution is 0.0698. The van der Waals surface area contributed by atoms with Crippen molar-refractivity contribution < 1.29 is 9.90 Å². The molecule has 70 valence electrons. The predicted molar refractivity (Wildman–Crippen MR) is 54.2 cm³/mol. The lowest BCUT2D eigenvalue weighted by Crippen LogP contribution is -1.99. The number of nitrogens with zero attached hydrogens (tertiary/aromatic N) is 2. The van der Waals surface area contributed by atoms with Crippen LogP contribution in [0, 0.1) is 0 Å². The minimum atomic E-state index is -0.993. The molecule has 0 saturated carbocycles. The molecule has 0 unspecified atom stereocenters. The van der Waals surface area contributed by atoms with Crippen molar-refractivity contribution in [2.24, 2.45) is 0 Å². The van der Waals surface area contributed by atoms with Gasteiger partial charge in [-0.3, -0.25) is 0 Å². The Bertz CT molecular complexity index is 513. The largest absolute Gasteiger partial charge is 0.478 e. The van der Waals surface area contributed by atoms with E-state index in [0.717, 1.165) is 4.47 Å². The normalized spacial score (nSPS) is 10.4. The van der Waals surface area contributed by atoms with E-state index in [-0.39, 0.29) is 5.56 Å². The first-order chi connectivity index (χ1) is 6.68. The van der Waals surface area contributed by atoms with E-state index in [1.54, 1.807) is 18.2 Å². The summed E-state index contributed by atoms with van der Waals surface area (Å²) in [7, 11) is 0. The first-order valence-corrected chi connectivity index (χ1v) is 4.62. The van der Waals surface area contributed by atoms with Crippen molar-refractivity contribution >= 4 is 32.8 Å². The molecule has 0 amide bonds. The molecule has 0 spiro atoms. The second-order valence-electron chi connectivity index (χ2n) is 2.72. The van der Waals surface area contributed by atoms with Crippen molar-refractivity contribution in [2.45, 2.75) is 0 Å². The second kappa shape index (κ2) is 3.34. The smallest absolute Gasteiger partial charge is 0.338 e. The average Bonchev–Trinajstić information content (AvgIpc) is 2.16. The van der Waals surface area contributed by atoms with Gasteiger partial charge in [-0.15, -0.1) is 0 Å². The third kappa shape index (κ3) is 1.46. The molecular formula is C9H5BrN2O2. The predicted octanol–water partition coefficient (Wildman–Crippen LogP) is 2.09. The van der Waals surface area contributed by atoms with Gasteiger partial charge in [0.15, 0.2) is 0 Å². The third-order valence-electron chi connectivity index (χ3n) is 1.83. The van der Waals surface area contributed by atoms with Crippen LogP contribution in [0.4, 0.5) is 0 Å². The van der Waals surface area contributed by atoms with Gasteiger partial charge in [0.1, 0.15) is 0 Å². The van der Waals surface area contributed by atoms with Gasteiger partial charge in [-0.1, -0.05) is 22.0 Å². The molecular weight excluding hydrogens is 248 g/mol. The van der Waals surface area contributed by atoms with Gasteiger partial charge in [-0.2, -0.15) is 10.2 Å². The van der Waals surface area contributed by atoms with Gasteiger partial charge < -0.3 is 5.11 Å². The van der Waals surface area contributed by atoms with Crippen LogP contribution in [0.25, 0.3) is 10.9 Å². The Morgan fingerprint density at radius 1 is 1.43 bits per heavy atom. The number of hydrogen-bond donors (Lipinski definition) is 1. The number of carboxylic acid groups (broad SMARTS) is 1. The minimum absolute atomic E-state index is 0.169. The van der Waals surface area contributed by atoms with E-state index >= 15 is 0 Å². The first kappa shape index (κ1) is 9.08. The van der Waals surface area contributed by atoms with E-state index < -0.39 is 5.97 Å². The zero-order chi connectivity index (χ0) is 10.1. The van der Waals surface area contributed by atoms with Crippen molar-refractivity contribution in [3.63, 3.8) is 0 Å². The second-order valence-corrected chi connectivity index (χ2v) is 3.64. The highest BCUT2D eigenvalue weighted by atomic mass is 79.9. The van der Waals surface area contributed by atoms with Crippen molar-refractivity contribution in [1.82, 2.24) is 10.2 Å². The van der Waals surface area contributed by atoms with Crippen LogP contribution in [0.5, 0.6) is 0 Å². The highest BCUT2D eigenvalue weighted by molar-refractivity contribution is 9.10. The number of hydrogen-bond acceptors (Lipinski definition) is 3. The van der Waals surface area contributed by atoms with E-state index in [9.17, 15) is 4.79 Å². The zero-order valence-electron chi connectivity index (χ0n) is 6.94. The Morgan fingerprint density at radius 3 is 2.93 bits per heavy atom. The van der Waals surface area contributed by atoms with E-state index in [1.165, 1.54) is 6.20 Å². The van der Waals surface area contributed by atoms with E-state index in [2.05, 4.69) is 26.1 Å². The Kier molecular flexibility index (Phi) is 2.17. The molecule has 0 fully saturated rings. The van der Waals surface area contributed by atoms with Gasteiger partial charge in [0, 0.05) is 9.86 Å². The number of carbonyl (C=O) groups is 1. The van der Waals surface area contributed by atoms with Crippen molar-refractivity contribution in [3.8, 4) is 0 Å². The quantitative estimate of drug-likeness (QED) is 0.845. The van der Waals surface area contributed by atoms with Gasteiger partial charge in [-0.25, -0.2) is 4.79 Å². The fourth-order valence-electron chi connectivity index (χ4n) is 1.20. The van der Waals surface area contributed by atoms with Crippen LogP contribution in [0.2, 0.25) is 0 Å². The molecule has 1 heterocycles. The monoisotopic (exact) mass is 252 g/mol. The number of fused-ring (bicyclic) bond motifs is 1. The number of aromatic carboxylic acids is 1. The Morgan fingerprint density at radius 2 is 2.21 bits per heavy atom. The fraction of sp³-hybridized carbons (Fsp3) is 0. The molecule has 0 aliphatic heterocycles. The minimum Gasteiger partial charge on any atom is -0.478 e. The molecule has 14 heavy (non-hydrogen) atoms.